The SMILES string of the molecule is [Au+].[Au+].[C-]#Cc1c2ccccc2c(C)c2ccccc12.[C-]#Cc1c2ccccc2c(C)c2ccccc12.c1ccc([PH+](CC[PH+](c2ccccc2)c2ccccc2)c2ccccc2)cc1. The van der Waals surface area contributed by atoms with E-state index < -0.39 is 15.8 Å². The molecule has 64 heavy (non-hydrogen) atoms. The molecule has 0 spiro atoms. The predicted molar refractivity (Wildman–Crippen MR) is 276 cm³/mol. The molecule has 0 atom stereocenters. The maximum Gasteiger partial charge on any atom is 1.00 e. The van der Waals surface area contributed by atoms with Crippen LogP contribution < -0.4 is 21.2 Å². The van der Waals surface area contributed by atoms with Crippen molar-refractivity contribution in [3.63, 3.8) is 0 Å². The average molecular weight is 1220 g/mol. The third kappa shape index (κ3) is 10.8. The summed E-state index contributed by atoms with van der Waals surface area (Å²) in [6.07, 6.45) is 17.6. The van der Waals surface area contributed by atoms with Gasteiger partial charge in [0.1, 0.15) is 12.3 Å². The molecule has 0 unspecified atom stereocenters. The van der Waals surface area contributed by atoms with Crippen molar-refractivity contribution in [3.8, 4) is 11.8 Å². The Balaban J connectivity index is 0.000000165. The van der Waals surface area contributed by atoms with E-state index in [0.717, 1.165) is 32.7 Å². The van der Waals surface area contributed by atoms with Gasteiger partial charge in [-0.1, -0.05) is 191 Å². The molecule has 0 aliphatic carbocycles. The van der Waals surface area contributed by atoms with E-state index in [2.05, 4.69) is 196 Å². The van der Waals surface area contributed by atoms with Crippen LogP contribution in [0.1, 0.15) is 22.3 Å². The molecule has 0 saturated carbocycles. The van der Waals surface area contributed by atoms with Crippen LogP contribution in [0.25, 0.3) is 43.1 Å². The Kier molecular flexibility index (Phi) is 17.7. The molecule has 10 rings (SSSR count). The number of hydrogen-bond acceptors (Lipinski definition) is 0. The van der Waals surface area contributed by atoms with Crippen molar-refractivity contribution in [2.45, 2.75) is 13.8 Å². The zero-order valence-electron chi connectivity index (χ0n) is 35.8. The second-order valence-corrected chi connectivity index (χ2v) is 20.6. The third-order valence-electron chi connectivity index (χ3n) is 11.8. The standard InChI is InChI=1S/C26H24P2.2C17H11.2Au/c1-5-13-23(14-6-1)27(24-15-7-2-8-16-24)21-22-28(25-17-9-3-10-18-25)26-19-11-4-12-20-26;2*1-3-13-16-10-6-4-8-14(16)12(2)15-9-5-7-11-17(13)15;;/h1-20H,21-22H2;2*4-11H,2H3;;/q;2*-1;2*+1/p+2. The van der Waals surface area contributed by atoms with Crippen molar-refractivity contribution in [2.24, 2.45) is 0 Å². The Morgan fingerprint density at radius 1 is 0.297 bits per heavy atom. The van der Waals surface area contributed by atoms with Gasteiger partial charge in [0, 0.05) is 0 Å². The minimum Gasteiger partial charge on any atom is -0.366 e. The first-order chi connectivity index (χ1) is 30.6. The Morgan fingerprint density at radius 3 is 0.688 bits per heavy atom. The fourth-order valence-corrected chi connectivity index (χ4v) is 14.9. The van der Waals surface area contributed by atoms with Crippen LogP contribution in [0, 0.1) is 38.5 Å². The number of hydrogen-bond donors (Lipinski definition) is 0. The zero-order chi connectivity index (χ0) is 42.7. The summed E-state index contributed by atoms with van der Waals surface area (Å²) in [6.45, 7) is 4.27. The molecular weight excluding hydrogens is 1180 g/mol. The predicted octanol–water partition coefficient (Wildman–Crippen LogP) is 13.2. The molecular formula is C60H48Au2P2+2. The second kappa shape index (κ2) is 23.6. The van der Waals surface area contributed by atoms with Crippen molar-refractivity contribution in [3.05, 3.63) is 253 Å². The molecule has 0 aliphatic rings. The van der Waals surface area contributed by atoms with Gasteiger partial charge in [-0.15, -0.1) is 11.1 Å². The fraction of sp³-hybridized carbons (Fsp3) is 0.0667. The number of rotatable bonds is 7. The number of fused-ring (bicyclic) bond motifs is 4. The van der Waals surface area contributed by atoms with Crippen LogP contribution in [-0.2, 0) is 44.8 Å². The van der Waals surface area contributed by atoms with E-state index in [9.17, 15) is 0 Å². The first kappa shape index (κ1) is 48.2. The van der Waals surface area contributed by atoms with Crippen LogP contribution in [0.5, 0.6) is 0 Å². The van der Waals surface area contributed by atoms with E-state index in [1.54, 1.807) is 0 Å². The van der Waals surface area contributed by atoms with Crippen LogP contribution in [0.15, 0.2) is 218 Å². The van der Waals surface area contributed by atoms with Gasteiger partial charge in [0.05, 0.1) is 37.1 Å². The van der Waals surface area contributed by atoms with Gasteiger partial charge >= 0.3 is 44.8 Å². The van der Waals surface area contributed by atoms with Crippen molar-refractivity contribution in [1.82, 2.24) is 0 Å². The summed E-state index contributed by atoms with van der Waals surface area (Å²) in [7, 11) is -1.57. The molecule has 10 aromatic carbocycles. The quantitative estimate of drug-likeness (QED) is 0.0490. The summed E-state index contributed by atoms with van der Waals surface area (Å²) in [4.78, 5) is 0. The maximum atomic E-state index is 7.53. The Labute approximate surface area is 413 Å². The summed E-state index contributed by atoms with van der Waals surface area (Å²) in [5.41, 5.74) is 4.33. The molecule has 0 heterocycles. The fourth-order valence-electron chi connectivity index (χ4n) is 8.68. The number of aryl methyl sites for hydroxylation is 2. The van der Waals surface area contributed by atoms with Crippen molar-refractivity contribution < 1.29 is 44.8 Å². The van der Waals surface area contributed by atoms with Gasteiger partial charge in [-0.3, -0.25) is 11.8 Å². The van der Waals surface area contributed by atoms with E-state index in [1.165, 1.54) is 66.2 Å². The van der Waals surface area contributed by atoms with Crippen LogP contribution >= 0.6 is 15.8 Å². The van der Waals surface area contributed by atoms with E-state index in [1.807, 2.05) is 48.5 Å². The van der Waals surface area contributed by atoms with Gasteiger partial charge in [0.15, 0.2) is 0 Å². The molecule has 0 bridgehead atoms. The molecule has 0 radical (unpaired) electrons. The summed E-state index contributed by atoms with van der Waals surface area (Å²) in [5, 5.41) is 15.3. The van der Waals surface area contributed by atoms with Crippen LogP contribution in [-0.4, -0.2) is 12.3 Å². The van der Waals surface area contributed by atoms with E-state index in [4.69, 9.17) is 12.8 Å². The van der Waals surface area contributed by atoms with Crippen LogP contribution in [0.3, 0.4) is 0 Å². The molecule has 0 nitrogen and oxygen atoms in total. The van der Waals surface area contributed by atoms with Gasteiger partial charge in [0.25, 0.3) is 0 Å². The molecule has 0 saturated heterocycles. The molecule has 10 aromatic rings. The van der Waals surface area contributed by atoms with Crippen molar-refractivity contribution in [2.75, 3.05) is 12.3 Å². The summed E-state index contributed by atoms with van der Waals surface area (Å²) in [6, 6.07) is 77.4. The minimum absolute atomic E-state index is 0. The van der Waals surface area contributed by atoms with Gasteiger partial charge in [-0.25, -0.2) is 0 Å². The Bertz CT molecular complexity index is 2760. The van der Waals surface area contributed by atoms with E-state index >= 15 is 0 Å². The van der Waals surface area contributed by atoms with E-state index in [-0.39, 0.29) is 44.8 Å². The third-order valence-corrected chi connectivity index (χ3v) is 17.9. The molecule has 0 fully saturated rings. The van der Waals surface area contributed by atoms with Gasteiger partial charge in [0.2, 0.25) is 0 Å². The van der Waals surface area contributed by atoms with Gasteiger partial charge in [-0.05, 0) is 95.1 Å². The van der Waals surface area contributed by atoms with Gasteiger partial charge in [-0.2, -0.15) is 0 Å². The summed E-state index contributed by atoms with van der Waals surface area (Å²) >= 11 is 0. The molecule has 318 valence electrons. The normalized spacial score (nSPS) is 10.5. The van der Waals surface area contributed by atoms with Crippen LogP contribution in [0.4, 0.5) is 0 Å². The Hall–Kier alpha value is -5.30. The smallest absolute Gasteiger partial charge is 0.366 e. The molecule has 0 N–H and O–H groups in total. The monoisotopic (exact) mass is 1220 g/mol. The molecule has 0 amide bonds. The van der Waals surface area contributed by atoms with Gasteiger partial charge < -0.3 is 12.8 Å². The summed E-state index contributed by atoms with van der Waals surface area (Å²) in [5.74, 6) is 5.18. The topological polar surface area (TPSA) is 0 Å². The summed E-state index contributed by atoms with van der Waals surface area (Å²) < 4.78 is 0. The first-order valence-corrected chi connectivity index (χ1v) is 24.6. The first-order valence-electron chi connectivity index (χ1n) is 21.2. The molecule has 0 aromatic heterocycles. The minimum atomic E-state index is -0.783. The van der Waals surface area contributed by atoms with Crippen molar-refractivity contribution >= 4 is 80.2 Å². The Morgan fingerprint density at radius 2 is 0.484 bits per heavy atom. The largest absolute Gasteiger partial charge is 1.00 e. The zero-order valence-corrected chi connectivity index (χ0v) is 42.1. The average Bonchev–Trinajstić information content (AvgIpc) is 3.35. The van der Waals surface area contributed by atoms with E-state index in [0.29, 0.717) is 0 Å². The molecule has 0 aliphatic heterocycles. The maximum absolute atomic E-state index is 7.53. The number of benzene rings is 10. The van der Waals surface area contributed by atoms with Crippen LogP contribution in [0.2, 0.25) is 0 Å². The second-order valence-electron chi connectivity index (χ2n) is 15.4. The molecule has 4 heteroatoms. The van der Waals surface area contributed by atoms with Crippen molar-refractivity contribution in [1.29, 1.82) is 0 Å².